The Morgan fingerprint density at radius 3 is 1.38 bits per heavy atom. The van der Waals surface area contributed by atoms with Crippen LogP contribution >= 0.6 is 0 Å². The molecule has 4 fully saturated rings. The minimum atomic E-state index is -0.582. The van der Waals surface area contributed by atoms with Crippen molar-refractivity contribution in [2.75, 3.05) is 9.80 Å². The lowest BCUT2D eigenvalue weighted by Crippen LogP contribution is -2.59. The molecule has 2 heteroatoms. The maximum absolute atomic E-state index is 2.85. The maximum Gasteiger partial charge on any atom is 0.0720 e. The highest BCUT2D eigenvalue weighted by molar-refractivity contribution is 6.20. The molecule has 2 heterocycles. The molecular weight excluding hydrogens is 857 g/mol. The first-order valence-electron chi connectivity index (χ1n) is 27.7. The second-order valence-corrected chi connectivity index (χ2v) is 24.6. The lowest BCUT2D eigenvalue weighted by molar-refractivity contribution is 0.0581. The molecule has 4 saturated carbocycles. The third kappa shape index (κ3) is 5.40. The molecule has 0 saturated heterocycles. The van der Waals surface area contributed by atoms with Gasteiger partial charge in [-0.05, 0) is 166 Å². The molecule has 0 aromatic heterocycles. The number of para-hydroxylation sites is 2. The van der Waals surface area contributed by atoms with Crippen molar-refractivity contribution in [3.8, 4) is 11.1 Å². The summed E-state index contributed by atoms with van der Waals surface area (Å²) in [4.78, 5) is 5.68. The highest BCUT2D eigenvalue weighted by Gasteiger charge is 2.63. The average molecular weight is 925 g/mol. The van der Waals surface area contributed by atoms with Crippen molar-refractivity contribution in [3.05, 3.63) is 203 Å². The van der Waals surface area contributed by atoms with Gasteiger partial charge < -0.3 is 9.80 Å². The fourth-order valence-corrected chi connectivity index (χ4v) is 18.2. The topological polar surface area (TPSA) is 6.48 Å². The largest absolute Gasteiger partial charge is 0.334 e. The van der Waals surface area contributed by atoms with Gasteiger partial charge in [-0.15, -0.1) is 0 Å². The molecule has 0 radical (unpaired) electrons. The Morgan fingerprint density at radius 2 is 0.831 bits per heavy atom. The summed E-state index contributed by atoms with van der Waals surface area (Å²) in [5.41, 5.74) is 16.2. The monoisotopic (exact) mass is 925 g/mol. The second-order valence-electron chi connectivity index (χ2n) is 24.6. The molecule has 8 aromatic rings. The van der Waals surface area contributed by atoms with Gasteiger partial charge in [0.15, 0.2) is 0 Å². The van der Waals surface area contributed by atoms with Crippen LogP contribution in [-0.2, 0) is 16.2 Å². The van der Waals surface area contributed by atoms with Crippen LogP contribution in [0, 0.1) is 23.7 Å². The van der Waals surface area contributed by atoms with Crippen LogP contribution in [0.1, 0.15) is 138 Å². The van der Waals surface area contributed by atoms with Crippen molar-refractivity contribution in [2.24, 2.45) is 23.7 Å². The molecule has 2 nitrogen and oxygen atoms in total. The van der Waals surface area contributed by atoms with Gasteiger partial charge in [0.1, 0.15) is 0 Å². The van der Waals surface area contributed by atoms with E-state index in [9.17, 15) is 0 Å². The van der Waals surface area contributed by atoms with Gasteiger partial charge in [0, 0.05) is 33.6 Å². The molecule has 8 unspecified atom stereocenters. The van der Waals surface area contributed by atoms with Crippen LogP contribution in [0.25, 0.3) is 32.7 Å². The maximum atomic E-state index is 2.85. The first-order chi connectivity index (χ1) is 34.7. The zero-order valence-corrected chi connectivity index (χ0v) is 42.4. The van der Waals surface area contributed by atoms with Gasteiger partial charge in [-0.2, -0.15) is 0 Å². The predicted molar refractivity (Wildman–Crippen MR) is 297 cm³/mol. The van der Waals surface area contributed by atoms with E-state index < -0.39 is 5.41 Å². The first kappa shape index (κ1) is 42.6. The summed E-state index contributed by atoms with van der Waals surface area (Å²) in [6.07, 6.45) is 16.1. The van der Waals surface area contributed by atoms with E-state index in [0.29, 0.717) is 0 Å². The lowest BCUT2D eigenvalue weighted by Gasteiger charge is -2.56. The summed E-state index contributed by atoms with van der Waals surface area (Å²) in [6.45, 7) is 10.5. The average Bonchev–Trinajstić information content (AvgIpc) is 3.90. The predicted octanol–water partition coefficient (Wildman–Crippen LogP) is 17.9. The van der Waals surface area contributed by atoms with Crippen molar-refractivity contribution in [1.29, 1.82) is 0 Å². The summed E-state index contributed by atoms with van der Waals surface area (Å²) in [5, 5.41) is 5.39. The smallest absolute Gasteiger partial charge is 0.0720 e. The van der Waals surface area contributed by atoms with Gasteiger partial charge in [-0.1, -0.05) is 199 Å². The molecule has 0 N–H and O–H groups in total. The molecule has 8 atom stereocenters. The fourth-order valence-electron chi connectivity index (χ4n) is 18.2. The summed E-state index contributed by atoms with van der Waals surface area (Å²) in [6, 6.07) is 67.1. The summed E-state index contributed by atoms with van der Waals surface area (Å²) in [7, 11) is 0. The second kappa shape index (κ2) is 15.0. The Labute approximate surface area is 422 Å². The minimum absolute atomic E-state index is 0.0307. The number of nitrogens with zero attached hydrogens (tertiary/aromatic N) is 2. The Bertz CT molecular complexity index is 3420. The number of hydrogen-bond acceptors (Lipinski definition) is 2. The number of anilines is 4. The van der Waals surface area contributed by atoms with E-state index in [-0.39, 0.29) is 21.9 Å². The van der Waals surface area contributed by atoms with E-state index in [2.05, 4.69) is 207 Å². The van der Waals surface area contributed by atoms with Crippen LogP contribution in [-0.4, -0.2) is 11.1 Å². The van der Waals surface area contributed by atoms with E-state index in [1.165, 1.54) is 155 Å². The van der Waals surface area contributed by atoms with E-state index in [4.69, 9.17) is 0 Å². The van der Waals surface area contributed by atoms with Crippen LogP contribution in [0.5, 0.6) is 0 Å². The Morgan fingerprint density at radius 1 is 0.380 bits per heavy atom. The van der Waals surface area contributed by atoms with Gasteiger partial charge in [-0.25, -0.2) is 0 Å². The molecular formula is C69H68N2. The van der Waals surface area contributed by atoms with Gasteiger partial charge >= 0.3 is 0 Å². The van der Waals surface area contributed by atoms with E-state index in [1.54, 1.807) is 11.1 Å². The summed E-state index contributed by atoms with van der Waals surface area (Å²) >= 11 is 0. The molecule has 354 valence electrons. The van der Waals surface area contributed by atoms with Crippen LogP contribution in [0.2, 0.25) is 0 Å². The number of fused-ring (bicyclic) bond motifs is 16. The zero-order chi connectivity index (χ0) is 47.5. The zero-order valence-electron chi connectivity index (χ0n) is 42.4. The van der Waals surface area contributed by atoms with E-state index in [1.807, 2.05) is 0 Å². The number of rotatable bonds is 4. The van der Waals surface area contributed by atoms with Crippen molar-refractivity contribution in [3.63, 3.8) is 0 Å². The summed E-state index contributed by atoms with van der Waals surface area (Å²) in [5.74, 6) is 3.20. The van der Waals surface area contributed by atoms with Gasteiger partial charge in [0.2, 0.25) is 0 Å². The van der Waals surface area contributed by atoms with Crippen LogP contribution in [0.15, 0.2) is 170 Å². The summed E-state index contributed by atoms with van der Waals surface area (Å²) < 4.78 is 0. The van der Waals surface area contributed by atoms with Crippen molar-refractivity contribution >= 4 is 44.3 Å². The highest BCUT2D eigenvalue weighted by atomic mass is 15.3. The molecule has 2 aliphatic heterocycles. The van der Waals surface area contributed by atoms with Gasteiger partial charge in [-0.3, -0.25) is 0 Å². The van der Waals surface area contributed by atoms with Crippen molar-refractivity contribution in [1.82, 2.24) is 0 Å². The quantitative estimate of drug-likeness (QED) is 0.162. The third-order valence-corrected chi connectivity index (χ3v) is 21.6. The van der Waals surface area contributed by atoms with Crippen molar-refractivity contribution < 1.29 is 0 Å². The van der Waals surface area contributed by atoms with Crippen molar-refractivity contribution in [2.45, 2.75) is 132 Å². The van der Waals surface area contributed by atoms with E-state index >= 15 is 0 Å². The Balaban J connectivity index is 0.988. The minimum Gasteiger partial charge on any atom is -0.334 e. The van der Waals surface area contributed by atoms with E-state index in [0.717, 1.165) is 23.7 Å². The van der Waals surface area contributed by atoms with Gasteiger partial charge in [0.25, 0.3) is 0 Å². The molecule has 0 amide bonds. The molecule has 15 rings (SSSR count). The molecule has 71 heavy (non-hydrogen) atoms. The first-order valence-corrected chi connectivity index (χ1v) is 27.7. The normalized spacial score (nSPS) is 30.7. The lowest BCUT2D eigenvalue weighted by atomic mass is 9.53. The van der Waals surface area contributed by atoms with Gasteiger partial charge in [0.05, 0.1) is 16.5 Å². The highest BCUT2D eigenvalue weighted by Crippen LogP contribution is 2.68. The standard InChI is InChI=1S/C69H68N2/c1-65-41-45-21-11-13-23-47(45)43-67(65,3)70(61-33-19-17-31-58(61)65)51-35-37-55-57(39-51)53-29-15-16-30-54(53)63-56-38-36-52(40-60(56)69(64(55)63,49-25-7-5-8-26-49)50-27-9-6-10-28-50)71-62-34-20-18-32-59(62)66(2)42-46-22-12-14-24-48(46)44-68(66,71)4/h5-10,15-20,25-40,45-48H,11-14,21-24,41-44H2,1-4H3. The molecule has 8 aromatic carbocycles. The Hall–Kier alpha value is -6.12. The van der Waals surface area contributed by atoms with Crippen LogP contribution < -0.4 is 9.80 Å². The molecule has 0 spiro atoms. The Kier molecular flexibility index (Phi) is 8.97. The molecule has 7 aliphatic rings. The van der Waals surface area contributed by atoms with Crippen LogP contribution in [0.3, 0.4) is 0 Å². The third-order valence-electron chi connectivity index (χ3n) is 21.6. The van der Waals surface area contributed by atoms with Crippen LogP contribution in [0.4, 0.5) is 22.7 Å². The molecule has 5 aliphatic carbocycles. The SMILES string of the molecule is CC12CC3CCCCC3CC1(C)N(c1ccc3c(c1)C(c1ccccc1)(c1ccccc1)c1c-3c3ccccc3c3cc(N4c5ccccc5C5(C)CC6CCCCC6CC45C)ccc13)c1ccccc12. The fraction of sp³-hybridized carbons (Fsp3) is 0.362. The number of hydrogen-bond donors (Lipinski definition) is 0. The molecule has 0 bridgehead atoms. The number of benzene rings is 8.